The first-order chi connectivity index (χ1) is 7.22. The molecule has 0 saturated heterocycles. The molecule has 15 heavy (non-hydrogen) atoms. The van der Waals surface area contributed by atoms with E-state index in [1.54, 1.807) is 7.11 Å². The molecule has 1 fully saturated rings. The molecule has 2 rings (SSSR count). The second-order valence-electron chi connectivity index (χ2n) is 4.48. The highest BCUT2D eigenvalue weighted by Gasteiger charge is 2.31. The fraction of sp³-hybridized carbons (Fsp3) is 0.538. The monoisotopic (exact) mass is 205 g/mol. The molecule has 1 aromatic rings. The van der Waals surface area contributed by atoms with Crippen LogP contribution in [0.1, 0.15) is 31.2 Å². The minimum absolute atomic E-state index is 0.362. The van der Waals surface area contributed by atoms with Crippen LogP contribution >= 0.6 is 0 Å². The van der Waals surface area contributed by atoms with Crippen molar-refractivity contribution >= 4 is 0 Å². The van der Waals surface area contributed by atoms with Gasteiger partial charge in [-0.25, -0.2) is 0 Å². The zero-order chi connectivity index (χ0) is 10.8. The van der Waals surface area contributed by atoms with Gasteiger partial charge in [0, 0.05) is 6.04 Å². The van der Waals surface area contributed by atoms with Gasteiger partial charge in [0.05, 0.1) is 7.11 Å². The lowest BCUT2D eigenvalue weighted by molar-refractivity contribution is 0.412. The maximum absolute atomic E-state index is 6.05. The van der Waals surface area contributed by atoms with E-state index in [1.165, 1.54) is 12.0 Å². The Bertz CT molecular complexity index is 337. The number of rotatable bonds is 2. The minimum Gasteiger partial charge on any atom is -0.497 e. The zero-order valence-corrected chi connectivity index (χ0v) is 9.44. The Morgan fingerprint density at radius 1 is 1.33 bits per heavy atom. The molecule has 2 nitrogen and oxygen atoms in total. The standard InChI is InChI=1S/C13H19NO/c1-9-12(6-7-13(9)14)10-4-3-5-11(8-10)15-2/h3-5,8-9,12-13H,6-7,14H2,1-2H3. The quantitative estimate of drug-likeness (QED) is 0.805. The van der Waals surface area contributed by atoms with E-state index in [2.05, 4.69) is 25.1 Å². The van der Waals surface area contributed by atoms with Crippen molar-refractivity contribution in [3.63, 3.8) is 0 Å². The third-order valence-corrected chi connectivity index (χ3v) is 3.64. The smallest absolute Gasteiger partial charge is 0.119 e. The largest absolute Gasteiger partial charge is 0.497 e. The van der Waals surface area contributed by atoms with Crippen LogP contribution in [0, 0.1) is 5.92 Å². The van der Waals surface area contributed by atoms with Gasteiger partial charge in [0.1, 0.15) is 5.75 Å². The molecule has 0 aromatic heterocycles. The third kappa shape index (κ3) is 2.00. The number of benzene rings is 1. The van der Waals surface area contributed by atoms with Crippen LogP contribution < -0.4 is 10.5 Å². The van der Waals surface area contributed by atoms with Gasteiger partial charge in [0.2, 0.25) is 0 Å². The van der Waals surface area contributed by atoms with E-state index in [0.717, 1.165) is 12.2 Å². The van der Waals surface area contributed by atoms with Gasteiger partial charge in [-0.05, 0) is 42.4 Å². The topological polar surface area (TPSA) is 35.2 Å². The number of hydrogen-bond donors (Lipinski definition) is 1. The van der Waals surface area contributed by atoms with E-state index in [4.69, 9.17) is 10.5 Å². The molecule has 0 amide bonds. The number of ether oxygens (including phenoxy) is 1. The molecule has 0 spiro atoms. The molecular weight excluding hydrogens is 186 g/mol. The molecular formula is C13H19NO. The number of methoxy groups -OCH3 is 1. The Morgan fingerprint density at radius 3 is 2.73 bits per heavy atom. The van der Waals surface area contributed by atoms with E-state index in [0.29, 0.717) is 17.9 Å². The van der Waals surface area contributed by atoms with E-state index in [-0.39, 0.29) is 0 Å². The third-order valence-electron chi connectivity index (χ3n) is 3.64. The fourth-order valence-electron chi connectivity index (χ4n) is 2.54. The first-order valence-corrected chi connectivity index (χ1v) is 5.62. The van der Waals surface area contributed by atoms with E-state index in [1.807, 2.05) is 6.07 Å². The van der Waals surface area contributed by atoms with Gasteiger partial charge < -0.3 is 10.5 Å². The van der Waals surface area contributed by atoms with Crippen LogP contribution in [0.4, 0.5) is 0 Å². The van der Waals surface area contributed by atoms with Crippen molar-refractivity contribution in [1.82, 2.24) is 0 Å². The summed E-state index contributed by atoms with van der Waals surface area (Å²) in [5.74, 6) is 2.13. The molecule has 1 aliphatic rings. The number of hydrogen-bond acceptors (Lipinski definition) is 2. The summed E-state index contributed by atoms with van der Waals surface area (Å²) < 4.78 is 5.25. The predicted molar refractivity (Wildman–Crippen MR) is 62.1 cm³/mol. The normalized spacial score (nSPS) is 30.5. The summed E-state index contributed by atoms with van der Waals surface area (Å²) in [6, 6.07) is 8.73. The summed E-state index contributed by atoms with van der Waals surface area (Å²) in [6.07, 6.45) is 2.35. The van der Waals surface area contributed by atoms with Crippen LogP contribution in [0.3, 0.4) is 0 Å². The minimum atomic E-state index is 0.362. The van der Waals surface area contributed by atoms with Crippen molar-refractivity contribution in [3.8, 4) is 5.75 Å². The molecule has 0 aliphatic heterocycles. The lowest BCUT2D eigenvalue weighted by Gasteiger charge is -2.18. The van der Waals surface area contributed by atoms with Crippen molar-refractivity contribution < 1.29 is 4.74 Å². The lowest BCUT2D eigenvalue weighted by atomic mass is 9.89. The molecule has 3 atom stereocenters. The van der Waals surface area contributed by atoms with Crippen LogP contribution in [0.25, 0.3) is 0 Å². The van der Waals surface area contributed by atoms with Gasteiger partial charge in [-0.1, -0.05) is 19.1 Å². The molecule has 0 radical (unpaired) electrons. The Morgan fingerprint density at radius 2 is 2.13 bits per heavy atom. The summed E-state index contributed by atoms with van der Waals surface area (Å²) in [6.45, 7) is 2.25. The van der Waals surface area contributed by atoms with Crippen molar-refractivity contribution in [1.29, 1.82) is 0 Å². The lowest BCUT2D eigenvalue weighted by Crippen LogP contribution is -2.24. The molecule has 2 heteroatoms. The Hall–Kier alpha value is -1.02. The highest BCUT2D eigenvalue weighted by atomic mass is 16.5. The van der Waals surface area contributed by atoms with Gasteiger partial charge in [0.15, 0.2) is 0 Å². The van der Waals surface area contributed by atoms with E-state index >= 15 is 0 Å². The summed E-state index contributed by atoms with van der Waals surface area (Å²) in [5, 5.41) is 0. The maximum atomic E-state index is 6.05. The van der Waals surface area contributed by atoms with Crippen LogP contribution in [-0.2, 0) is 0 Å². The summed E-state index contributed by atoms with van der Waals surface area (Å²) in [7, 11) is 1.71. The van der Waals surface area contributed by atoms with Crippen molar-refractivity contribution in [2.75, 3.05) is 7.11 Å². The summed E-state index contributed by atoms with van der Waals surface area (Å²) in [5.41, 5.74) is 7.42. The average molecular weight is 205 g/mol. The SMILES string of the molecule is COc1cccc(C2CCC(N)C2C)c1. The fourth-order valence-corrected chi connectivity index (χ4v) is 2.54. The highest BCUT2D eigenvalue weighted by molar-refractivity contribution is 5.32. The van der Waals surface area contributed by atoms with Crippen molar-refractivity contribution in [3.05, 3.63) is 29.8 Å². The molecule has 0 heterocycles. The van der Waals surface area contributed by atoms with Crippen LogP contribution in [0.5, 0.6) is 5.75 Å². The molecule has 3 unspecified atom stereocenters. The molecule has 1 aromatic carbocycles. The van der Waals surface area contributed by atoms with E-state index in [9.17, 15) is 0 Å². The maximum Gasteiger partial charge on any atom is 0.119 e. The van der Waals surface area contributed by atoms with Gasteiger partial charge in [-0.3, -0.25) is 0 Å². The zero-order valence-electron chi connectivity index (χ0n) is 9.44. The molecule has 1 aliphatic carbocycles. The second kappa shape index (κ2) is 4.23. The molecule has 2 N–H and O–H groups in total. The van der Waals surface area contributed by atoms with Crippen molar-refractivity contribution in [2.45, 2.75) is 31.7 Å². The van der Waals surface area contributed by atoms with Crippen LogP contribution in [-0.4, -0.2) is 13.2 Å². The first kappa shape index (κ1) is 10.5. The van der Waals surface area contributed by atoms with Gasteiger partial charge >= 0.3 is 0 Å². The van der Waals surface area contributed by atoms with Crippen LogP contribution in [0.2, 0.25) is 0 Å². The summed E-state index contributed by atoms with van der Waals surface area (Å²) in [4.78, 5) is 0. The first-order valence-electron chi connectivity index (χ1n) is 5.62. The van der Waals surface area contributed by atoms with Gasteiger partial charge in [-0.2, -0.15) is 0 Å². The predicted octanol–water partition coefficient (Wildman–Crippen LogP) is 2.54. The Balaban J connectivity index is 2.22. The average Bonchev–Trinajstić information content (AvgIpc) is 2.60. The molecule has 0 bridgehead atoms. The van der Waals surface area contributed by atoms with Crippen molar-refractivity contribution in [2.24, 2.45) is 11.7 Å². The molecule has 1 saturated carbocycles. The van der Waals surface area contributed by atoms with Gasteiger partial charge in [-0.15, -0.1) is 0 Å². The summed E-state index contributed by atoms with van der Waals surface area (Å²) >= 11 is 0. The molecule has 82 valence electrons. The Labute approximate surface area is 91.4 Å². The highest BCUT2D eigenvalue weighted by Crippen LogP contribution is 2.39. The van der Waals surface area contributed by atoms with Gasteiger partial charge in [0.25, 0.3) is 0 Å². The van der Waals surface area contributed by atoms with E-state index < -0.39 is 0 Å². The second-order valence-corrected chi connectivity index (χ2v) is 4.48. The Kier molecular flexibility index (Phi) is 2.96. The number of nitrogens with two attached hydrogens (primary N) is 1. The van der Waals surface area contributed by atoms with Crippen LogP contribution in [0.15, 0.2) is 24.3 Å².